The van der Waals surface area contributed by atoms with E-state index in [1.807, 2.05) is 0 Å². The summed E-state index contributed by atoms with van der Waals surface area (Å²) in [6.07, 6.45) is 1.36. The Morgan fingerprint density at radius 2 is 1.84 bits per heavy atom. The van der Waals surface area contributed by atoms with Crippen molar-refractivity contribution in [1.29, 1.82) is 0 Å². The van der Waals surface area contributed by atoms with Crippen LogP contribution in [0.4, 0.5) is 14.5 Å². The number of anilines is 1. The zero-order valence-electron chi connectivity index (χ0n) is 9.78. The molecule has 0 unspecified atom stereocenters. The third-order valence-electron chi connectivity index (χ3n) is 2.97. The summed E-state index contributed by atoms with van der Waals surface area (Å²) < 4.78 is 26.7. The van der Waals surface area contributed by atoms with E-state index in [9.17, 15) is 13.6 Å². The Morgan fingerprint density at radius 1 is 1.05 bits per heavy atom. The molecule has 0 radical (unpaired) electrons. The third kappa shape index (κ3) is 2.01. The minimum Gasteiger partial charge on any atom is -0.321 e. The van der Waals surface area contributed by atoms with Crippen molar-refractivity contribution in [3.63, 3.8) is 0 Å². The topological polar surface area (TPSA) is 29.1 Å². The minimum absolute atomic E-state index is 0.0573. The van der Waals surface area contributed by atoms with Gasteiger partial charge in [0.05, 0.1) is 0 Å². The number of halogens is 2. The van der Waals surface area contributed by atoms with E-state index in [1.54, 1.807) is 24.3 Å². The van der Waals surface area contributed by atoms with Gasteiger partial charge in [-0.1, -0.05) is 18.2 Å². The molecule has 19 heavy (non-hydrogen) atoms. The summed E-state index contributed by atoms with van der Waals surface area (Å²) in [6, 6.07) is 10.3. The number of para-hydroxylation sites is 1. The fraction of sp³-hybridized carbons (Fsp3) is 0. The van der Waals surface area contributed by atoms with E-state index >= 15 is 0 Å². The number of benzene rings is 2. The number of hydrogen-bond donors (Lipinski definition) is 1. The summed E-state index contributed by atoms with van der Waals surface area (Å²) in [5.74, 6) is -1.42. The first-order chi connectivity index (χ1) is 9.15. The second-order valence-corrected chi connectivity index (χ2v) is 4.22. The molecule has 0 bridgehead atoms. The van der Waals surface area contributed by atoms with E-state index in [0.29, 0.717) is 16.8 Å². The highest BCUT2D eigenvalue weighted by Gasteiger charge is 2.23. The predicted octanol–water partition coefficient (Wildman–Crippen LogP) is 3.46. The van der Waals surface area contributed by atoms with E-state index < -0.39 is 11.6 Å². The molecule has 1 aliphatic heterocycles. The van der Waals surface area contributed by atoms with Crippen molar-refractivity contribution in [2.75, 3.05) is 5.32 Å². The van der Waals surface area contributed by atoms with E-state index in [1.165, 1.54) is 6.08 Å². The van der Waals surface area contributed by atoms with Crippen molar-refractivity contribution < 1.29 is 13.6 Å². The molecule has 2 aromatic rings. The van der Waals surface area contributed by atoms with Crippen molar-refractivity contribution in [3.8, 4) is 0 Å². The van der Waals surface area contributed by atoms with Gasteiger partial charge >= 0.3 is 0 Å². The fourth-order valence-corrected chi connectivity index (χ4v) is 2.06. The Labute approximate surface area is 108 Å². The quantitative estimate of drug-likeness (QED) is 0.779. The fourth-order valence-electron chi connectivity index (χ4n) is 2.06. The largest absolute Gasteiger partial charge is 0.321 e. The van der Waals surface area contributed by atoms with Gasteiger partial charge < -0.3 is 5.32 Å². The molecule has 1 N–H and O–H groups in total. The Kier molecular flexibility index (Phi) is 2.63. The van der Waals surface area contributed by atoms with Crippen molar-refractivity contribution >= 4 is 23.2 Å². The number of hydrogen-bond acceptors (Lipinski definition) is 1. The zero-order chi connectivity index (χ0) is 13.4. The highest BCUT2D eigenvalue weighted by molar-refractivity contribution is 6.34. The standard InChI is InChI=1S/C15H9F2NO/c16-10-5-6-13(17)9(7-10)8-12-11-3-1-2-4-14(11)18-15(12)19/h1-8H,(H,18,19)/b12-8+. The van der Waals surface area contributed by atoms with Crippen molar-refractivity contribution in [2.24, 2.45) is 0 Å². The van der Waals surface area contributed by atoms with Gasteiger partial charge in [0.1, 0.15) is 11.6 Å². The van der Waals surface area contributed by atoms with Gasteiger partial charge in [0.2, 0.25) is 0 Å². The van der Waals surface area contributed by atoms with Crippen LogP contribution in [0.5, 0.6) is 0 Å². The lowest BCUT2D eigenvalue weighted by Crippen LogP contribution is -2.03. The maximum absolute atomic E-state index is 13.6. The molecule has 94 valence electrons. The van der Waals surface area contributed by atoms with Crippen LogP contribution in [0.1, 0.15) is 11.1 Å². The minimum atomic E-state index is -0.564. The molecule has 0 saturated heterocycles. The van der Waals surface area contributed by atoms with E-state index in [2.05, 4.69) is 5.32 Å². The first-order valence-corrected chi connectivity index (χ1v) is 5.72. The second kappa shape index (κ2) is 4.31. The van der Waals surface area contributed by atoms with Crippen LogP contribution in [0, 0.1) is 11.6 Å². The SMILES string of the molecule is O=C1Nc2ccccc2/C1=C\c1cc(F)ccc1F. The molecule has 0 spiro atoms. The van der Waals surface area contributed by atoms with Crippen LogP contribution in [-0.2, 0) is 4.79 Å². The van der Waals surface area contributed by atoms with Crippen LogP contribution in [-0.4, -0.2) is 5.91 Å². The van der Waals surface area contributed by atoms with Crippen LogP contribution in [0.25, 0.3) is 11.6 Å². The maximum Gasteiger partial charge on any atom is 0.256 e. The Hall–Kier alpha value is -2.49. The summed E-state index contributed by atoms with van der Waals surface area (Å²) >= 11 is 0. The van der Waals surface area contributed by atoms with Gasteiger partial charge in [-0.2, -0.15) is 0 Å². The molecule has 1 heterocycles. The highest BCUT2D eigenvalue weighted by Crippen LogP contribution is 2.33. The smallest absolute Gasteiger partial charge is 0.256 e. The summed E-state index contributed by atoms with van der Waals surface area (Å²) in [6.45, 7) is 0. The average Bonchev–Trinajstić information content (AvgIpc) is 2.71. The molecule has 1 amide bonds. The lowest BCUT2D eigenvalue weighted by Gasteiger charge is -2.00. The number of rotatable bonds is 1. The number of amides is 1. The predicted molar refractivity (Wildman–Crippen MR) is 69.3 cm³/mol. The van der Waals surface area contributed by atoms with Crippen molar-refractivity contribution in [1.82, 2.24) is 0 Å². The Bertz CT molecular complexity index is 707. The van der Waals surface area contributed by atoms with Gasteiger partial charge in [0.25, 0.3) is 5.91 Å². The highest BCUT2D eigenvalue weighted by atomic mass is 19.1. The lowest BCUT2D eigenvalue weighted by atomic mass is 10.0. The van der Waals surface area contributed by atoms with Gasteiger partial charge in [0.15, 0.2) is 0 Å². The zero-order valence-corrected chi connectivity index (χ0v) is 9.78. The first-order valence-electron chi connectivity index (χ1n) is 5.72. The van der Waals surface area contributed by atoms with Crippen molar-refractivity contribution in [2.45, 2.75) is 0 Å². The molecule has 3 rings (SSSR count). The summed E-state index contributed by atoms with van der Waals surface area (Å²) in [4.78, 5) is 11.8. The van der Waals surface area contributed by atoms with Gasteiger partial charge in [-0.25, -0.2) is 8.78 Å². The molecule has 0 aromatic heterocycles. The molecule has 0 fully saturated rings. The van der Waals surface area contributed by atoms with E-state index in [-0.39, 0.29) is 11.5 Å². The molecule has 0 saturated carbocycles. The van der Waals surface area contributed by atoms with Crippen molar-refractivity contribution in [3.05, 3.63) is 65.2 Å². The number of fused-ring (bicyclic) bond motifs is 1. The van der Waals surface area contributed by atoms with Crippen LogP contribution >= 0.6 is 0 Å². The van der Waals surface area contributed by atoms with Gasteiger partial charge in [0, 0.05) is 22.4 Å². The normalized spacial score (nSPS) is 15.5. The third-order valence-corrected chi connectivity index (χ3v) is 2.97. The van der Waals surface area contributed by atoms with E-state index in [4.69, 9.17) is 0 Å². The maximum atomic E-state index is 13.6. The molecule has 1 aliphatic rings. The monoisotopic (exact) mass is 257 g/mol. The van der Waals surface area contributed by atoms with Gasteiger partial charge in [-0.15, -0.1) is 0 Å². The number of carbonyl (C=O) groups excluding carboxylic acids is 1. The molecule has 0 atom stereocenters. The summed E-state index contributed by atoms with van der Waals surface area (Å²) in [5.41, 5.74) is 1.76. The molecule has 2 nitrogen and oxygen atoms in total. The Morgan fingerprint density at radius 3 is 2.68 bits per heavy atom. The molecule has 0 aliphatic carbocycles. The van der Waals surface area contributed by atoms with Gasteiger partial charge in [-0.3, -0.25) is 4.79 Å². The Balaban J connectivity index is 2.14. The summed E-state index contributed by atoms with van der Waals surface area (Å²) in [7, 11) is 0. The number of carbonyl (C=O) groups is 1. The molecule has 4 heteroatoms. The average molecular weight is 257 g/mol. The van der Waals surface area contributed by atoms with Crippen LogP contribution in [0.2, 0.25) is 0 Å². The van der Waals surface area contributed by atoms with E-state index in [0.717, 1.165) is 18.2 Å². The lowest BCUT2D eigenvalue weighted by molar-refractivity contribution is -0.110. The second-order valence-electron chi connectivity index (χ2n) is 4.22. The molecule has 2 aromatic carbocycles. The van der Waals surface area contributed by atoms with Crippen LogP contribution in [0.15, 0.2) is 42.5 Å². The number of nitrogens with one attached hydrogen (secondary N) is 1. The van der Waals surface area contributed by atoms with Crippen LogP contribution < -0.4 is 5.32 Å². The summed E-state index contributed by atoms with van der Waals surface area (Å²) in [5, 5.41) is 2.68. The molecular formula is C15H9F2NO. The molecular weight excluding hydrogens is 248 g/mol. The first kappa shape index (κ1) is 11.6. The van der Waals surface area contributed by atoms with Crippen LogP contribution in [0.3, 0.4) is 0 Å². The van der Waals surface area contributed by atoms with Gasteiger partial charge in [-0.05, 0) is 30.3 Å².